The van der Waals surface area contributed by atoms with Crippen LogP contribution in [-0.2, 0) is 4.79 Å². The topological polar surface area (TPSA) is 78.1 Å². The summed E-state index contributed by atoms with van der Waals surface area (Å²) in [5, 5.41) is 2.86. The number of imidazole rings is 1. The van der Waals surface area contributed by atoms with Crippen LogP contribution in [0.5, 0.6) is 0 Å². The predicted molar refractivity (Wildman–Crippen MR) is 105 cm³/mol. The summed E-state index contributed by atoms with van der Waals surface area (Å²) in [6.45, 7) is 0.707. The molecule has 0 radical (unpaired) electrons. The van der Waals surface area contributed by atoms with Crippen LogP contribution in [0.1, 0.15) is 35.1 Å². The summed E-state index contributed by atoms with van der Waals surface area (Å²) in [4.78, 5) is 35.8. The average molecular weight is 378 g/mol. The van der Waals surface area contributed by atoms with Crippen LogP contribution in [-0.4, -0.2) is 39.0 Å². The van der Waals surface area contributed by atoms with Gasteiger partial charge >= 0.3 is 0 Å². The van der Waals surface area contributed by atoms with Gasteiger partial charge in [0.1, 0.15) is 5.82 Å². The van der Waals surface area contributed by atoms with Crippen molar-refractivity contribution in [2.75, 3.05) is 17.6 Å². The van der Waals surface area contributed by atoms with Gasteiger partial charge in [0, 0.05) is 17.0 Å². The molecule has 6 nitrogen and oxygen atoms in total. The highest BCUT2D eigenvalue weighted by atomic mass is 32.2. The number of rotatable bonds is 2. The van der Waals surface area contributed by atoms with Crippen molar-refractivity contribution in [3.63, 3.8) is 0 Å². The Morgan fingerprint density at radius 2 is 2.11 bits per heavy atom. The van der Waals surface area contributed by atoms with Gasteiger partial charge in [-0.2, -0.15) is 0 Å². The number of likely N-dealkylation sites (tertiary alicyclic amines) is 1. The van der Waals surface area contributed by atoms with Gasteiger partial charge in [-0.1, -0.05) is 12.1 Å². The highest BCUT2D eigenvalue weighted by Crippen LogP contribution is 2.35. The standard InChI is InChI=1S/C20H18N4O2S/c25-18-11-27-17-8-7-12(10-15(17)21-18)20(26)24-9-3-6-16(24)19-22-13-4-1-2-5-14(13)23-19/h1-2,4-5,7-8,10,16H,3,6,9,11H2,(H,21,25)(H,22,23). The molecular weight excluding hydrogens is 360 g/mol. The molecule has 5 rings (SSSR count). The molecule has 3 heterocycles. The van der Waals surface area contributed by atoms with Crippen molar-refractivity contribution in [2.45, 2.75) is 23.8 Å². The second kappa shape index (κ2) is 6.42. The Labute approximate surface area is 160 Å². The summed E-state index contributed by atoms with van der Waals surface area (Å²) in [7, 11) is 0. The third kappa shape index (κ3) is 2.88. The van der Waals surface area contributed by atoms with Gasteiger partial charge in [-0.25, -0.2) is 4.98 Å². The van der Waals surface area contributed by atoms with Crippen molar-refractivity contribution < 1.29 is 9.59 Å². The number of para-hydroxylation sites is 2. The van der Waals surface area contributed by atoms with Crippen LogP contribution in [0, 0.1) is 0 Å². The Morgan fingerprint density at radius 1 is 1.22 bits per heavy atom. The monoisotopic (exact) mass is 378 g/mol. The number of hydrogen-bond acceptors (Lipinski definition) is 4. The smallest absolute Gasteiger partial charge is 0.254 e. The molecule has 1 atom stereocenters. The molecule has 0 bridgehead atoms. The fraction of sp³-hybridized carbons (Fsp3) is 0.250. The van der Waals surface area contributed by atoms with Crippen molar-refractivity contribution in [1.29, 1.82) is 0 Å². The molecule has 2 amide bonds. The molecule has 1 fully saturated rings. The van der Waals surface area contributed by atoms with Crippen LogP contribution >= 0.6 is 11.8 Å². The SMILES string of the molecule is O=C1CSc2ccc(C(=O)N3CCCC3c3nc4ccccc4[nH]3)cc2N1. The van der Waals surface area contributed by atoms with E-state index in [2.05, 4.69) is 10.3 Å². The van der Waals surface area contributed by atoms with Crippen molar-refractivity contribution in [3.8, 4) is 0 Å². The first-order chi connectivity index (χ1) is 13.2. The molecule has 0 saturated carbocycles. The molecule has 136 valence electrons. The van der Waals surface area contributed by atoms with E-state index < -0.39 is 0 Å². The largest absolute Gasteiger partial charge is 0.340 e. The highest BCUT2D eigenvalue weighted by molar-refractivity contribution is 8.00. The number of aromatic amines is 1. The number of H-pyrrole nitrogens is 1. The first-order valence-electron chi connectivity index (χ1n) is 9.01. The predicted octanol–water partition coefficient (Wildman–Crippen LogP) is 3.58. The minimum atomic E-state index is -0.0510. The summed E-state index contributed by atoms with van der Waals surface area (Å²) in [6, 6.07) is 13.4. The molecule has 7 heteroatoms. The van der Waals surface area contributed by atoms with Crippen molar-refractivity contribution >= 4 is 40.3 Å². The van der Waals surface area contributed by atoms with Gasteiger partial charge in [0.15, 0.2) is 0 Å². The number of benzene rings is 2. The molecule has 27 heavy (non-hydrogen) atoms. The zero-order valence-corrected chi connectivity index (χ0v) is 15.4. The Balaban J connectivity index is 1.45. The maximum absolute atomic E-state index is 13.2. The molecule has 0 spiro atoms. The fourth-order valence-corrected chi connectivity index (χ4v) is 4.59. The number of amides is 2. The van der Waals surface area contributed by atoms with E-state index in [9.17, 15) is 9.59 Å². The summed E-state index contributed by atoms with van der Waals surface area (Å²) in [5.41, 5.74) is 3.22. The van der Waals surface area contributed by atoms with Crippen LogP contribution in [0.4, 0.5) is 5.69 Å². The summed E-state index contributed by atoms with van der Waals surface area (Å²) in [6.07, 6.45) is 1.84. The number of thioether (sulfide) groups is 1. The number of nitrogens with one attached hydrogen (secondary N) is 2. The number of fused-ring (bicyclic) bond motifs is 2. The molecule has 0 aliphatic carbocycles. The Kier molecular flexibility index (Phi) is 3.89. The third-order valence-corrected chi connectivity index (χ3v) is 6.17. The van der Waals surface area contributed by atoms with Crippen LogP contribution in [0.15, 0.2) is 47.4 Å². The van der Waals surface area contributed by atoms with Crippen molar-refractivity contribution in [3.05, 3.63) is 53.9 Å². The lowest BCUT2D eigenvalue weighted by molar-refractivity contribution is -0.113. The molecule has 1 unspecified atom stereocenters. The van der Waals surface area contributed by atoms with E-state index in [1.807, 2.05) is 41.3 Å². The second-order valence-corrected chi connectivity index (χ2v) is 7.86. The van der Waals surface area contributed by atoms with Gasteiger partial charge in [-0.05, 0) is 43.2 Å². The summed E-state index contributed by atoms with van der Waals surface area (Å²) < 4.78 is 0. The lowest BCUT2D eigenvalue weighted by atomic mass is 10.1. The maximum atomic E-state index is 13.2. The van der Waals surface area contributed by atoms with Gasteiger partial charge in [-0.15, -0.1) is 11.8 Å². The Bertz CT molecular complexity index is 1030. The molecule has 1 saturated heterocycles. The second-order valence-electron chi connectivity index (χ2n) is 6.84. The third-order valence-electron chi connectivity index (χ3n) is 5.10. The quantitative estimate of drug-likeness (QED) is 0.714. The van der Waals surface area contributed by atoms with E-state index >= 15 is 0 Å². The van der Waals surface area contributed by atoms with E-state index in [0.717, 1.165) is 40.3 Å². The van der Waals surface area contributed by atoms with Gasteiger partial charge in [-0.3, -0.25) is 9.59 Å². The summed E-state index contributed by atoms with van der Waals surface area (Å²) >= 11 is 1.50. The molecule has 3 aromatic rings. The first kappa shape index (κ1) is 16.4. The average Bonchev–Trinajstić information content (AvgIpc) is 3.33. The van der Waals surface area contributed by atoms with E-state index in [4.69, 9.17) is 4.98 Å². The van der Waals surface area contributed by atoms with Gasteiger partial charge in [0.2, 0.25) is 5.91 Å². The van der Waals surface area contributed by atoms with Gasteiger partial charge < -0.3 is 15.2 Å². The molecular formula is C20H18N4O2S. The molecule has 2 aliphatic rings. The van der Waals surface area contributed by atoms with Gasteiger partial charge in [0.25, 0.3) is 5.91 Å². The van der Waals surface area contributed by atoms with E-state index in [1.165, 1.54) is 11.8 Å². The highest BCUT2D eigenvalue weighted by Gasteiger charge is 2.33. The van der Waals surface area contributed by atoms with Crippen LogP contribution in [0.2, 0.25) is 0 Å². The maximum Gasteiger partial charge on any atom is 0.254 e. The minimum absolute atomic E-state index is 0.0226. The molecule has 2 aliphatic heterocycles. The molecule has 2 aromatic carbocycles. The van der Waals surface area contributed by atoms with E-state index in [-0.39, 0.29) is 17.9 Å². The van der Waals surface area contributed by atoms with E-state index in [1.54, 1.807) is 6.07 Å². The Hall–Kier alpha value is -2.80. The number of hydrogen-bond donors (Lipinski definition) is 2. The molecule has 2 N–H and O–H groups in total. The number of anilines is 1. The number of carbonyl (C=O) groups is 2. The summed E-state index contributed by atoms with van der Waals surface area (Å²) in [5.74, 6) is 1.20. The van der Waals surface area contributed by atoms with Crippen LogP contribution in [0.3, 0.4) is 0 Å². The minimum Gasteiger partial charge on any atom is -0.340 e. The number of nitrogens with zero attached hydrogens (tertiary/aromatic N) is 2. The number of carbonyl (C=O) groups excluding carboxylic acids is 2. The molecule has 1 aromatic heterocycles. The lowest BCUT2D eigenvalue weighted by Crippen LogP contribution is -2.31. The first-order valence-corrected chi connectivity index (χ1v) is 10.00. The van der Waals surface area contributed by atoms with Crippen molar-refractivity contribution in [1.82, 2.24) is 14.9 Å². The lowest BCUT2D eigenvalue weighted by Gasteiger charge is -2.24. The zero-order valence-electron chi connectivity index (χ0n) is 14.6. The van der Waals surface area contributed by atoms with Crippen LogP contribution < -0.4 is 5.32 Å². The van der Waals surface area contributed by atoms with Crippen molar-refractivity contribution in [2.24, 2.45) is 0 Å². The zero-order chi connectivity index (χ0) is 18.4. The Morgan fingerprint density at radius 3 is 3.00 bits per heavy atom. The fourth-order valence-electron chi connectivity index (χ4n) is 3.81. The van der Waals surface area contributed by atoms with E-state index in [0.29, 0.717) is 17.9 Å². The normalized spacial score (nSPS) is 19.2. The number of aromatic nitrogens is 2. The van der Waals surface area contributed by atoms with Crippen LogP contribution in [0.25, 0.3) is 11.0 Å². The van der Waals surface area contributed by atoms with Gasteiger partial charge in [0.05, 0.1) is 28.5 Å².